The maximum Gasteiger partial charge on any atom is 0.0882 e. The summed E-state index contributed by atoms with van der Waals surface area (Å²) in [6.07, 6.45) is 1.68. The smallest absolute Gasteiger partial charge is 0.0882 e. The summed E-state index contributed by atoms with van der Waals surface area (Å²) in [6.45, 7) is 3.85. The van der Waals surface area contributed by atoms with E-state index in [4.69, 9.17) is 11.6 Å². The van der Waals surface area contributed by atoms with E-state index in [1.807, 2.05) is 25.1 Å². The lowest BCUT2D eigenvalue weighted by Crippen LogP contribution is -2.20. The summed E-state index contributed by atoms with van der Waals surface area (Å²) in [5.41, 5.74) is 0.0196. The molecule has 0 saturated heterocycles. The molecule has 1 atom stereocenters. The van der Waals surface area contributed by atoms with Gasteiger partial charge in [-0.3, -0.25) is 0 Å². The molecule has 0 aliphatic rings. The Hall–Kier alpha value is -0.530. The molecule has 1 aromatic carbocycles. The minimum absolute atomic E-state index is 0.640. The van der Waals surface area contributed by atoms with Crippen LogP contribution < -0.4 is 0 Å². The number of benzene rings is 1. The fourth-order valence-electron chi connectivity index (χ4n) is 1.52. The van der Waals surface area contributed by atoms with Crippen molar-refractivity contribution in [2.45, 2.75) is 32.3 Å². The average Bonchev–Trinajstić information content (AvgIpc) is 2.04. The number of rotatable bonds is 3. The van der Waals surface area contributed by atoms with Crippen LogP contribution in [0.5, 0.6) is 0 Å². The van der Waals surface area contributed by atoms with Crippen LogP contribution in [0, 0.1) is 0 Å². The van der Waals surface area contributed by atoms with Gasteiger partial charge in [0.15, 0.2) is 0 Å². The van der Waals surface area contributed by atoms with Crippen LogP contribution in [0.15, 0.2) is 24.3 Å². The largest absolute Gasteiger partial charge is 0.385 e. The number of halogens is 1. The number of hydrogen-bond donors (Lipinski definition) is 1. The molecule has 1 rings (SSSR count). The summed E-state index contributed by atoms with van der Waals surface area (Å²) >= 11 is 5.98. The summed E-state index contributed by atoms with van der Waals surface area (Å²) in [4.78, 5) is 0. The third-order valence-corrected chi connectivity index (χ3v) is 2.52. The van der Waals surface area contributed by atoms with Gasteiger partial charge in [0.1, 0.15) is 0 Å². The van der Waals surface area contributed by atoms with Crippen LogP contribution in [0.1, 0.15) is 32.3 Å². The maximum atomic E-state index is 10.1. The fraction of sp³-hybridized carbons (Fsp3) is 0.455. The van der Waals surface area contributed by atoms with Gasteiger partial charge in [-0.05, 0) is 19.4 Å². The molecule has 0 amide bonds. The quantitative estimate of drug-likeness (QED) is 0.790. The van der Waals surface area contributed by atoms with Gasteiger partial charge in [-0.1, -0.05) is 43.1 Å². The van der Waals surface area contributed by atoms with Gasteiger partial charge in [-0.2, -0.15) is 0 Å². The molecule has 0 saturated carbocycles. The van der Waals surface area contributed by atoms with Crippen LogP contribution in [0.2, 0.25) is 5.02 Å². The zero-order valence-corrected chi connectivity index (χ0v) is 8.80. The normalized spacial score (nSPS) is 15.4. The predicted molar refractivity (Wildman–Crippen MR) is 55.9 cm³/mol. The number of hydrogen-bond acceptors (Lipinski definition) is 1. The van der Waals surface area contributed by atoms with Crippen molar-refractivity contribution in [3.05, 3.63) is 34.9 Å². The van der Waals surface area contributed by atoms with Crippen molar-refractivity contribution in [2.75, 3.05) is 0 Å². The van der Waals surface area contributed by atoms with Gasteiger partial charge in [0, 0.05) is 10.6 Å². The molecular weight excluding hydrogens is 184 g/mol. The van der Waals surface area contributed by atoms with Gasteiger partial charge in [0.05, 0.1) is 5.60 Å². The Morgan fingerprint density at radius 1 is 1.38 bits per heavy atom. The molecule has 0 bridgehead atoms. The van der Waals surface area contributed by atoms with Crippen molar-refractivity contribution in [2.24, 2.45) is 0 Å². The second-order valence-corrected chi connectivity index (χ2v) is 3.91. The predicted octanol–water partition coefficient (Wildman–Crippen LogP) is 3.35. The van der Waals surface area contributed by atoms with E-state index in [9.17, 15) is 5.11 Å². The highest BCUT2D eigenvalue weighted by Crippen LogP contribution is 2.31. The van der Waals surface area contributed by atoms with Gasteiger partial charge in [-0.15, -0.1) is 0 Å². The monoisotopic (exact) mass is 198 g/mol. The van der Waals surface area contributed by atoms with Crippen LogP contribution in [0.3, 0.4) is 0 Å². The summed E-state index contributed by atoms with van der Waals surface area (Å²) in [5, 5.41) is 10.7. The lowest BCUT2D eigenvalue weighted by atomic mass is 9.91. The molecule has 1 aromatic rings. The summed E-state index contributed by atoms with van der Waals surface area (Å²) in [6, 6.07) is 7.44. The third kappa shape index (κ3) is 2.45. The van der Waals surface area contributed by atoms with Crippen molar-refractivity contribution >= 4 is 11.6 Å². The minimum Gasteiger partial charge on any atom is -0.385 e. The first kappa shape index (κ1) is 10.6. The Balaban J connectivity index is 2.99. The number of aliphatic hydroxyl groups is 1. The molecule has 0 spiro atoms. The van der Waals surface area contributed by atoms with E-state index in [1.165, 1.54) is 0 Å². The van der Waals surface area contributed by atoms with E-state index in [1.54, 1.807) is 13.0 Å². The molecule has 0 fully saturated rings. The average molecular weight is 199 g/mol. The molecule has 72 valence electrons. The van der Waals surface area contributed by atoms with E-state index < -0.39 is 5.60 Å². The highest BCUT2D eigenvalue weighted by atomic mass is 35.5. The Morgan fingerprint density at radius 2 is 2.00 bits per heavy atom. The zero-order chi connectivity index (χ0) is 9.90. The second kappa shape index (κ2) is 4.12. The molecule has 0 aliphatic heterocycles. The lowest BCUT2D eigenvalue weighted by molar-refractivity contribution is 0.0471. The van der Waals surface area contributed by atoms with E-state index >= 15 is 0 Å². The maximum absolute atomic E-state index is 10.1. The highest BCUT2D eigenvalue weighted by molar-refractivity contribution is 6.31. The summed E-state index contributed by atoms with van der Waals surface area (Å²) in [5.74, 6) is 0. The molecular formula is C11H15ClO. The van der Waals surface area contributed by atoms with Crippen molar-refractivity contribution in [3.63, 3.8) is 0 Å². The second-order valence-electron chi connectivity index (χ2n) is 3.50. The van der Waals surface area contributed by atoms with Crippen LogP contribution in [-0.4, -0.2) is 5.11 Å². The van der Waals surface area contributed by atoms with Crippen molar-refractivity contribution in [3.8, 4) is 0 Å². The molecule has 0 aliphatic carbocycles. The van der Waals surface area contributed by atoms with Crippen molar-refractivity contribution in [1.82, 2.24) is 0 Å². The fourth-order valence-corrected chi connectivity index (χ4v) is 1.86. The van der Waals surface area contributed by atoms with Crippen molar-refractivity contribution < 1.29 is 5.11 Å². The summed E-state index contributed by atoms with van der Waals surface area (Å²) < 4.78 is 0. The van der Waals surface area contributed by atoms with Crippen LogP contribution in [0.4, 0.5) is 0 Å². The van der Waals surface area contributed by atoms with Gasteiger partial charge in [0.25, 0.3) is 0 Å². The molecule has 1 N–H and O–H groups in total. The Morgan fingerprint density at radius 3 is 2.54 bits per heavy atom. The minimum atomic E-state index is -0.799. The van der Waals surface area contributed by atoms with Gasteiger partial charge >= 0.3 is 0 Å². The molecule has 2 heteroatoms. The van der Waals surface area contributed by atoms with E-state index in [0.29, 0.717) is 5.02 Å². The first-order valence-electron chi connectivity index (χ1n) is 4.55. The van der Waals surface area contributed by atoms with E-state index in [-0.39, 0.29) is 0 Å². The highest BCUT2D eigenvalue weighted by Gasteiger charge is 2.23. The summed E-state index contributed by atoms with van der Waals surface area (Å²) in [7, 11) is 0. The third-order valence-electron chi connectivity index (χ3n) is 2.19. The van der Waals surface area contributed by atoms with Crippen LogP contribution in [-0.2, 0) is 5.60 Å². The van der Waals surface area contributed by atoms with Crippen LogP contribution in [0.25, 0.3) is 0 Å². The topological polar surface area (TPSA) is 20.2 Å². The molecule has 13 heavy (non-hydrogen) atoms. The molecule has 0 radical (unpaired) electrons. The molecule has 0 aromatic heterocycles. The standard InChI is InChI=1S/C11H15ClO/c1-3-8-11(2,13)9-6-4-5-7-10(9)12/h4-7,13H,3,8H2,1-2H3. The first-order valence-corrected chi connectivity index (χ1v) is 4.93. The van der Waals surface area contributed by atoms with Gasteiger partial charge in [-0.25, -0.2) is 0 Å². The van der Waals surface area contributed by atoms with E-state index in [0.717, 1.165) is 18.4 Å². The Labute approximate surface area is 84.4 Å². The SMILES string of the molecule is CCCC(C)(O)c1ccccc1Cl. The van der Waals surface area contributed by atoms with Gasteiger partial charge < -0.3 is 5.11 Å². The Kier molecular flexibility index (Phi) is 3.34. The van der Waals surface area contributed by atoms with Gasteiger partial charge in [0.2, 0.25) is 0 Å². The first-order chi connectivity index (χ1) is 6.08. The molecule has 1 nitrogen and oxygen atoms in total. The van der Waals surface area contributed by atoms with Crippen molar-refractivity contribution in [1.29, 1.82) is 0 Å². The molecule has 0 heterocycles. The zero-order valence-electron chi connectivity index (χ0n) is 8.05. The lowest BCUT2D eigenvalue weighted by Gasteiger charge is -2.24. The van der Waals surface area contributed by atoms with Crippen LogP contribution >= 0.6 is 11.6 Å². The molecule has 1 unspecified atom stereocenters. The Bertz CT molecular complexity index is 281. The van der Waals surface area contributed by atoms with E-state index in [2.05, 4.69) is 0 Å².